The molecular weight excluding hydrogens is 347 g/mol. The number of rotatable bonds is 5. The highest BCUT2D eigenvalue weighted by atomic mass is 19.1. The molecule has 0 radical (unpaired) electrons. The zero-order valence-electron chi connectivity index (χ0n) is 15.3. The number of hydrogen-bond acceptors (Lipinski definition) is 4. The molecule has 140 valence electrons. The third-order valence-electron chi connectivity index (χ3n) is 4.72. The standard InChI is InChI=1S/C22H21FO4/c1-3-27-22(25)21-19(15-7-4-8-17(23)10-15)12-16(13-20(21)24)14-6-5-9-18(11-14)26-2/h4-11,13,19,21H,3,12H2,1-2H3/t19-,21-/m1/s1. The molecule has 2 atom stereocenters. The first-order chi connectivity index (χ1) is 13.0. The summed E-state index contributed by atoms with van der Waals surface area (Å²) in [7, 11) is 1.58. The molecule has 2 aromatic rings. The molecule has 0 saturated carbocycles. The van der Waals surface area contributed by atoms with Crippen molar-refractivity contribution < 1.29 is 23.5 Å². The van der Waals surface area contributed by atoms with Gasteiger partial charge >= 0.3 is 5.97 Å². The molecule has 3 rings (SSSR count). The molecule has 2 aromatic carbocycles. The van der Waals surface area contributed by atoms with Gasteiger partial charge in [0.25, 0.3) is 0 Å². The average Bonchev–Trinajstić information content (AvgIpc) is 2.67. The van der Waals surface area contributed by atoms with Gasteiger partial charge < -0.3 is 9.47 Å². The Morgan fingerprint density at radius 3 is 2.67 bits per heavy atom. The van der Waals surface area contributed by atoms with Gasteiger partial charge in [-0.2, -0.15) is 0 Å². The van der Waals surface area contributed by atoms with Gasteiger partial charge in [0.2, 0.25) is 0 Å². The molecular formula is C22H21FO4. The molecule has 0 heterocycles. The van der Waals surface area contributed by atoms with Crippen molar-refractivity contribution in [3.8, 4) is 5.75 Å². The number of ketones is 1. The third kappa shape index (κ3) is 4.08. The van der Waals surface area contributed by atoms with Crippen molar-refractivity contribution in [2.75, 3.05) is 13.7 Å². The number of carbonyl (C=O) groups is 2. The van der Waals surface area contributed by atoms with Gasteiger partial charge in [0.1, 0.15) is 17.5 Å². The monoisotopic (exact) mass is 368 g/mol. The van der Waals surface area contributed by atoms with E-state index in [0.29, 0.717) is 17.7 Å². The summed E-state index contributed by atoms with van der Waals surface area (Å²) >= 11 is 0. The second-order valence-corrected chi connectivity index (χ2v) is 6.40. The molecule has 0 fully saturated rings. The van der Waals surface area contributed by atoms with Gasteiger partial charge in [-0.1, -0.05) is 24.3 Å². The number of benzene rings is 2. The molecule has 0 amide bonds. The van der Waals surface area contributed by atoms with Crippen LogP contribution in [0, 0.1) is 11.7 Å². The van der Waals surface area contributed by atoms with E-state index in [-0.39, 0.29) is 12.4 Å². The van der Waals surface area contributed by atoms with E-state index < -0.39 is 23.6 Å². The van der Waals surface area contributed by atoms with Crippen LogP contribution in [0.1, 0.15) is 30.4 Å². The summed E-state index contributed by atoms with van der Waals surface area (Å²) in [6.45, 7) is 1.88. The first-order valence-electron chi connectivity index (χ1n) is 8.84. The molecule has 0 N–H and O–H groups in total. The summed E-state index contributed by atoms with van der Waals surface area (Å²) in [5, 5.41) is 0. The predicted octanol–water partition coefficient (Wildman–Crippen LogP) is 4.15. The highest BCUT2D eigenvalue weighted by Gasteiger charge is 2.39. The van der Waals surface area contributed by atoms with Crippen LogP contribution in [0.2, 0.25) is 0 Å². The fourth-order valence-electron chi connectivity index (χ4n) is 3.46. The fraction of sp³-hybridized carbons (Fsp3) is 0.273. The Labute approximate surface area is 157 Å². The van der Waals surface area contributed by atoms with Gasteiger partial charge in [0.15, 0.2) is 5.78 Å². The Morgan fingerprint density at radius 2 is 1.96 bits per heavy atom. The maximum Gasteiger partial charge on any atom is 0.317 e. The minimum atomic E-state index is -0.971. The number of halogens is 1. The van der Waals surface area contributed by atoms with Gasteiger partial charge in [-0.3, -0.25) is 9.59 Å². The first kappa shape index (κ1) is 18.8. The Balaban J connectivity index is 2.03. The smallest absolute Gasteiger partial charge is 0.317 e. The molecule has 4 nitrogen and oxygen atoms in total. The van der Waals surface area contributed by atoms with Crippen LogP contribution in [-0.2, 0) is 14.3 Å². The van der Waals surface area contributed by atoms with Crippen molar-refractivity contribution in [2.24, 2.45) is 5.92 Å². The lowest BCUT2D eigenvalue weighted by molar-refractivity contribution is -0.151. The number of esters is 1. The van der Waals surface area contributed by atoms with Gasteiger partial charge in [0.05, 0.1) is 13.7 Å². The van der Waals surface area contributed by atoms with Crippen molar-refractivity contribution >= 4 is 17.3 Å². The zero-order chi connectivity index (χ0) is 19.4. The van der Waals surface area contributed by atoms with Crippen LogP contribution in [-0.4, -0.2) is 25.5 Å². The Hall–Kier alpha value is -2.95. The average molecular weight is 368 g/mol. The molecule has 1 aliphatic carbocycles. The van der Waals surface area contributed by atoms with E-state index >= 15 is 0 Å². The molecule has 0 saturated heterocycles. The van der Waals surface area contributed by atoms with E-state index in [1.807, 2.05) is 24.3 Å². The lowest BCUT2D eigenvalue weighted by atomic mass is 9.73. The quantitative estimate of drug-likeness (QED) is 0.588. The van der Waals surface area contributed by atoms with E-state index in [1.54, 1.807) is 26.2 Å². The van der Waals surface area contributed by atoms with Gasteiger partial charge in [-0.25, -0.2) is 4.39 Å². The number of carbonyl (C=O) groups excluding carboxylic acids is 2. The van der Waals surface area contributed by atoms with Gasteiger partial charge in [-0.15, -0.1) is 0 Å². The summed E-state index contributed by atoms with van der Waals surface area (Å²) in [4.78, 5) is 25.2. The van der Waals surface area contributed by atoms with Gasteiger partial charge in [-0.05, 0) is 60.4 Å². The van der Waals surface area contributed by atoms with Gasteiger partial charge in [0, 0.05) is 5.92 Å². The SMILES string of the molecule is CCOC(=O)[C@H]1C(=O)C=C(c2cccc(OC)c2)C[C@@H]1c1cccc(F)c1. The summed E-state index contributed by atoms with van der Waals surface area (Å²) in [6.07, 6.45) is 1.91. The largest absolute Gasteiger partial charge is 0.497 e. The number of ether oxygens (including phenoxy) is 2. The van der Waals surface area contributed by atoms with E-state index in [9.17, 15) is 14.0 Å². The second kappa shape index (κ2) is 8.16. The Kier molecular flexibility index (Phi) is 5.69. The van der Waals surface area contributed by atoms with Crippen molar-refractivity contribution in [1.82, 2.24) is 0 Å². The minimum Gasteiger partial charge on any atom is -0.497 e. The zero-order valence-corrected chi connectivity index (χ0v) is 15.3. The number of hydrogen-bond donors (Lipinski definition) is 0. The normalized spacial score (nSPS) is 19.4. The summed E-state index contributed by atoms with van der Waals surface area (Å²) in [5.41, 5.74) is 2.23. The molecule has 0 aliphatic heterocycles. The summed E-state index contributed by atoms with van der Waals surface area (Å²) in [5.74, 6) is -2.08. The third-order valence-corrected chi connectivity index (χ3v) is 4.72. The lowest BCUT2D eigenvalue weighted by Gasteiger charge is -2.29. The topological polar surface area (TPSA) is 52.6 Å². The van der Waals surface area contributed by atoms with Crippen LogP contribution in [0.5, 0.6) is 5.75 Å². The Bertz CT molecular complexity index is 887. The highest BCUT2D eigenvalue weighted by Crippen LogP contribution is 2.40. The lowest BCUT2D eigenvalue weighted by Crippen LogP contribution is -2.34. The Morgan fingerprint density at radius 1 is 1.19 bits per heavy atom. The highest BCUT2D eigenvalue weighted by molar-refractivity contribution is 6.10. The summed E-state index contributed by atoms with van der Waals surface area (Å²) in [6, 6.07) is 13.4. The molecule has 0 aromatic heterocycles. The maximum absolute atomic E-state index is 13.8. The predicted molar refractivity (Wildman–Crippen MR) is 99.9 cm³/mol. The van der Waals surface area contributed by atoms with Crippen LogP contribution in [0.25, 0.3) is 5.57 Å². The van der Waals surface area contributed by atoms with E-state index in [4.69, 9.17) is 9.47 Å². The van der Waals surface area contributed by atoms with Crippen LogP contribution >= 0.6 is 0 Å². The van der Waals surface area contributed by atoms with E-state index in [0.717, 1.165) is 11.1 Å². The molecule has 5 heteroatoms. The molecule has 0 spiro atoms. The molecule has 1 aliphatic rings. The second-order valence-electron chi connectivity index (χ2n) is 6.40. The van der Waals surface area contributed by atoms with Crippen LogP contribution in [0.15, 0.2) is 54.6 Å². The van der Waals surface area contributed by atoms with E-state index in [2.05, 4.69) is 0 Å². The van der Waals surface area contributed by atoms with E-state index in [1.165, 1.54) is 18.2 Å². The summed E-state index contributed by atoms with van der Waals surface area (Å²) < 4.78 is 24.1. The van der Waals surface area contributed by atoms with Crippen molar-refractivity contribution in [3.05, 3.63) is 71.6 Å². The molecule has 0 bridgehead atoms. The number of methoxy groups -OCH3 is 1. The first-order valence-corrected chi connectivity index (χ1v) is 8.84. The van der Waals surface area contributed by atoms with Crippen LogP contribution in [0.4, 0.5) is 4.39 Å². The van der Waals surface area contributed by atoms with Crippen LogP contribution < -0.4 is 4.74 Å². The fourth-order valence-corrected chi connectivity index (χ4v) is 3.46. The maximum atomic E-state index is 13.8. The van der Waals surface area contributed by atoms with Crippen molar-refractivity contribution in [3.63, 3.8) is 0 Å². The molecule has 27 heavy (non-hydrogen) atoms. The minimum absolute atomic E-state index is 0.185. The van der Waals surface area contributed by atoms with Crippen molar-refractivity contribution in [1.29, 1.82) is 0 Å². The van der Waals surface area contributed by atoms with Crippen LogP contribution in [0.3, 0.4) is 0 Å². The molecule has 0 unspecified atom stereocenters. The van der Waals surface area contributed by atoms with Crippen molar-refractivity contribution in [2.45, 2.75) is 19.3 Å². The number of allylic oxidation sites excluding steroid dienone is 2.